The highest BCUT2D eigenvalue weighted by Gasteiger charge is 2.28. The van der Waals surface area contributed by atoms with Gasteiger partial charge in [-0.15, -0.1) is 0 Å². The van der Waals surface area contributed by atoms with Gasteiger partial charge in [0.2, 0.25) is 17.6 Å². The molecule has 7 heteroatoms. The molecular weight excluding hydrogens is 378 g/mol. The third-order valence-electron chi connectivity index (χ3n) is 5.44. The minimum Gasteiger partial charge on any atom is -0.355 e. The summed E-state index contributed by atoms with van der Waals surface area (Å²) in [6, 6.07) is 12.0. The van der Waals surface area contributed by atoms with Crippen LogP contribution >= 0.6 is 0 Å². The van der Waals surface area contributed by atoms with Gasteiger partial charge in [-0.3, -0.25) is 4.79 Å². The molecule has 0 saturated carbocycles. The molecule has 7 nitrogen and oxygen atoms in total. The maximum absolute atomic E-state index is 12.8. The molecule has 3 heterocycles. The summed E-state index contributed by atoms with van der Waals surface area (Å²) in [5.74, 6) is 1.96. The number of nitrogens with one attached hydrogen (secondary N) is 1. The Bertz CT molecular complexity index is 1020. The number of rotatable bonds is 6. The summed E-state index contributed by atoms with van der Waals surface area (Å²) < 4.78 is 5.28. The molecule has 1 atom stereocenters. The van der Waals surface area contributed by atoms with Gasteiger partial charge in [-0.05, 0) is 37.5 Å². The lowest BCUT2D eigenvalue weighted by Gasteiger charge is -2.33. The minimum atomic E-state index is -0.0742. The van der Waals surface area contributed by atoms with E-state index >= 15 is 0 Å². The number of nitrogens with zero attached hydrogens (tertiary/aromatic N) is 4. The standard InChI is InChI=1S/C23H27N5O2/c1-3-20-26-21(27-30-20)19-10-5-11-24-22(19)28-12-6-9-18(15-28)23(29)25-14-17-8-4-7-16(2)13-17/h4-5,7-8,10-11,13,18H,3,6,9,12,14-15H2,1-2H3,(H,25,29)/t18-/m1/s1. The fourth-order valence-electron chi connectivity index (χ4n) is 3.87. The third kappa shape index (κ3) is 4.50. The van der Waals surface area contributed by atoms with Crippen LogP contribution in [0.2, 0.25) is 0 Å². The maximum atomic E-state index is 12.8. The molecule has 0 aliphatic carbocycles. The van der Waals surface area contributed by atoms with Crippen molar-refractivity contribution in [3.63, 3.8) is 0 Å². The van der Waals surface area contributed by atoms with Gasteiger partial charge < -0.3 is 14.7 Å². The molecule has 0 spiro atoms. The molecule has 4 rings (SSSR count). The van der Waals surface area contributed by atoms with Gasteiger partial charge in [-0.25, -0.2) is 4.98 Å². The van der Waals surface area contributed by atoms with E-state index in [1.165, 1.54) is 5.56 Å². The van der Waals surface area contributed by atoms with Crippen molar-refractivity contribution in [2.45, 2.75) is 39.7 Å². The first-order valence-corrected chi connectivity index (χ1v) is 10.5. The highest BCUT2D eigenvalue weighted by Crippen LogP contribution is 2.30. The fourth-order valence-corrected chi connectivity index (χ4v) is 3.87. The van der Waals surface area contributed by atoms with E-state index in [1.807, 2.05) is 31.2 Å². The van der Waals surface area contributed by atoms with E-state index < -0.39 is 0 Å². The van der Waals surface area contributed by atoms with E-state index in [4.69, 9.17) is 4.52 Å². The molecule has 0 radical (unpaired) electrons. The van der Waals surface area contributed by atoms with Gasteiger partial charge in [-0.2, -0.15) is 4.98 Å². The first kappa shape index (κ1) is 20.1. The number of carbonyl (C=O) groups is 1. The SMILES string of the molecule is CCc1nc(-c2cccnc2N2CCC[C@@H](C(=O)NCc3cccc(C)c3)C2)no1. The summed E-state index contributed by atoms with van der Waals surface area (Å²) in [6.45, 7) is 6.06. The fraction of sp³-hybridized carbons (Fsp3) is 0.391. The first-order valence-electron chi connectivity index (χ1n) is 10.5. The van der Waals surface area contributed by atoms with Crippen LogP contribution in [0.15, 0.2) is 47.1 Å². The molecule has 1 aromatic carbocycles. The summed E-state index contributed by atoms with van der Waals surface area (Å²) in [4.78, 5) is 24.0. The number of amides is 1. The van der Waals surface area contributed by atoms with Crippen LogP contribution in [0.3, 0.4) is 0 Å². The first-order chi connectivity index (χ1) is 14.6. The monoisotopic (exact) mass is 405 g/mol. The normalized spacial score (nSPS) is 16.5. The summed E-state index contributed by atoms with van der Waals surface area (Å²) in [7, 11) is 0. The number of pyridine rings is 1. The minimum absolute atomic E-state index is 0.0742. The number of anilines is 1. The van der Waals surface area contributed by atoms with Crippen molar-refractivity contribution in [3.05, 3.63) is 59.6 Å². The largest absolute Gasteiger partial charge is 0.355 e. The van der Waals surface area contributed by atoms with E-state index in [-0.39, 0.29) is 11.8 Å². The van der Waals surface area contributed by atoms with Crippen molar-refractivity contribution in [1.29, 1.82) is 0 Å². The summed E-state index contributed by atoms with van der Waals surface area (Å²) in [6.07, 6.45) is 4.27. The van der Waals surface area contributed by atoms with Gasteiger partial charge in [0.05, 0.1) is 11.5 Å². The van der Waals surface area contributed by atoms with Crippen molar-refractivity contribution < 1.29 is 9.32 Å². The van der Waals surface area contributed by atoms with Gasteiger partial charge in [0.15, 0.2) is 0 Å². The van der Waals surface area contributed by atoms with Gasteiger partial charge in [0.1, 0.15) is 5.82 Å². The Morgan fingerprint density at radius 2 is 2.20 bits per heavy atom. The molecular formula is C23H27N5O2. The molecule has 2 aromatic heterocycles. The second kappa shape index (κ2) is 9.07. The molecule has 30 heavy (non-hydrogen) atoms. The average Bonchev–Trinajstić information content (AvgIpc) is 3.27. The van der Waals surface area contributed by atoms with Crippen LogP contribution in [-0.4, -0.2) is 34.1 Å². The van der Waals surface area contributed by atoms with Crippen LogP contribution in [-0.2, 0) is 17.8 Å². The van der Waals surface area contributed by atoms with E-state index in [0.29, 0.717) is 31.2 Å². The quantitative estimate of drug-likeness (QED) is 0.675. The highest BCUT2D eigenvalue weighted by atomic mass is 16.5. The lowest BCUT2D eigenvalue weighted by molar-refractivity contribution is -0.125. The number of carbonyl (C=O) groups excluding carboxylic acids is 1. The Morgan fingerprint density at radius 3 is 3.00 bits per heavy atom. The second-order valence-electron chi connectivity index (χ2n) is 7.73. The zero-order valence-electron chi connectivity index (χ0n) is 17.5. The number of hydrogen-bond acceptors (Lipinski definition) is 6. The zero-order chi connectivity index (χ0) is 20.9. The molecule has 1 saturated heterocycles. The predicted octanol–water partition coefficient (Wildman–Crippen LogP) is 3.54. The van der Waals surface area contributed by atoms with Gasteiger partial charge >= 0.3 is 0 Å². The Kier molecular flexibility index (Phi) is 6.07. The number of piperidine rings is 1. The number of aryl methyl sites for hydroxylation is 2. The molecule has 1 amide bonds. The number of benzene rings is 1. The molecule has 1 N–H and O–H groups in total. The Balaban J connectivity index is 1.46. The Morgan fingerprint density at radius 1 is 1.30 bits per heavy atom. The van der Waals surface area contributed by atoms with Crippen molar-refractivity contribution in [1.82, 2.24) is 20.4 Å². The van der Waals surface area contributed by atoms with Gasteiger partial charge in [-0.1, -0.05) is 41.9 Å². The summed E-state index contributed by atoms with van der Waals surface area (Å²) in [5, 5.41) is 7.20. The lowest BCUT2D eigenvalue weighted by atomic mass is 9.96. The number of aromatic nitrogens is 3. The van der Waals surface area contributed by atoms with Crippen molar-refractivity contribution in [2.75, 3.05) is 18.0 Å². The zero-order valence-corrected chi connectivity index (χ0v) is 17.5. The lowest BCUT2D eigenvalue weighted by Crippen LogP contribution is -2.43. The van der Waals surface area contributed by atoms with E-state index in [2.05, 4.69) is 44.4 Å². The molecule has 0 bridgehead atoms. The molecule has 3 aromatic rings. The molecule has 0 unspecified atom stereocenters. The Hall–Kier alpha value is -3.22. The van der Waals surface area contributed by atoms with E-state index in [0.717, 1.165) is 36.3 Å². The molecule has 1 aliphatic rings. The second-order valence-corrected chi connectivity index (χ2v) is 7.73. The van der Waals surface area contributed by atoms with Gasteiger partial charge in [0.25, 0.3) is 0 Å². The van der Waals surface area contributed by atoms with Crippen molar-refractivity contribution in [3.8, 4) is 11.4 Å². The van der Waals surface area contributed by atoms with Crippen LogP contribution in [0.25, 0.3) is 11.4 Å². The van der Waals surface area contributed by atoms with Crippen LogP contribution in [0.4, 0.5) is 5.82 Å². The van der Waals surface area contributed by atoms with Crippen LogP contribution in [0.1, 0.15) is 36.8 Å². The van der Waals surface area contributed by atoms with Crippen LogP contribution < -0.4 is 10.2 Å². The van der Waals surface area contributed by atoms with Crippen molar-refractivity contribution >= 4 is 11.7 Å². The van der Waals surface area contributed by atoms with E-state index in [9.17, 15) is 4.79 Å². The van der Waals surface area contributed by atoms with Crippen LogP contribution in [0.5, 0.6) is 0 Å². The smallest absolute Gasteiger partial charge is 0.226 e. The van der Waals surface area contributed by atoms with Gasteiger partial charge in [0, 0.05) is 32.3 Å². The summed E-state index contributed by atoms with van der Waals surface area (Å²) >= 11 is 0. The third-order valence-corrected chi connectivity index (χ3v) is 5.44. The predicted molar refractivity (Wildman–Crippen MR) is 115 cm³/mol. The van der Waals surface area contributed by atoms with E-state index in [1.54, 1.807) is 6.20 Å². The molecule has 1 fully saturated rings. The average molecular weight is 406 g/mol. The Labute approximate surface area is 176 Å². The highest BCUT2D eigenvalue weighted by molar-refractivity contribution is 5.80. The van der Waals surface area contributed by atoms with Crippen molar-refractivity contribution in [2.24, 2.45) is 5.92 Å². The molecule has 1 aliphatic heterocycles. The number of hydrogen-bond donors (Lipinski definition) is 1. The molecule has 156 valence electrons. The van der Waals surface area contributed by atoms with Crippen LogP contribution in [0, 0.1) is 12.8 Å². The maximum Gasteiger partial charge on any atom is 0.226 e. The topological polar surface area (TPSA) is 84.2 Å². The summed E-state index contributed by atoms with van der Waals surface area (Å²) in [5.41, 5.74) is 3.15.